The molecule has 0 N–H and O–H groups in total. The molecule has 1 saturated heterocycles. The number of carbonyl (C=O) groups excluding carboxylic acids is 1. The molecule has 0 aliphatic carbocycles. The van der Waals surface area contributed by atoms with Crippen LogP contribution >= 0.6 is 0 Å². The second-order valence-corrected chi connectivity index (χ2v) is 4.92. The molecule has 76 valence electrons. The molecule has 0 bridgehead atoms. The van der Waals surface area contributed by atoms with Gasteiger partial charge in [-0.3, -0.25) is 4.79 Å². The van der Waals surface area contributed by atoms with Crippen LogP contribution in [0, 0.1) is 0 Å². The lowest BCUT2D eigenvalue weighted by Crippen LogP contribution is -2.33. The number of rotatable bonds is 1. The van der Waals surface area contributed by atoms with Crippen LogP contribution in [0.25, 0.3) is 0 Å². The fraction of sp³-hybridized carbons (Fsp3) is 0.889. The molecule has 0 unspecified atom stereocenters. The van der Waals surface area contributed by atoms with Crippen LogP contribution in [-0.2, 0) is 10.8 Å². The maximum Gasteiger partial charge on any atom is 0.311 e. The Morgan fingerprint density at radius 2 is 1.77 bits per heavy atom. The van der Waals surface area contributed by atoms with Gasteiger partial charge in [0.15, 0.2) is 0 Å². The van der Waals surface area contributed by atoms with Crippen molar-refractivity contribution in [3.63, 3.8) is 0 Å². The molecule has 1 atom stereocenters. The first-order chi connectivity index (χ1) is 6.25. The molecule has 1 fully saturated rings. The third-order valence-corrected chi connectivity index (χ3v) is 3.49. The first-order valence-electron chi connectivity index (χ1n) is 4.93. The molecular formula is C9H17NO2S. The maximum atomic E-state index is 11.5. The van der Waals surface area contributed by atoms with Crippen LogP contribution < -0.4 is 0 Å². The fourth-order valence-electron chi connectivity index (χ4n) is 1.52. The van der Waals surface area contributed by atoms with Crippen molar-refractivity contribution in [2.75, 3.05) is 18.8 Å². The van der Waals surface area contributed by atoms with Gasteiger partial charge >= 0.3 is 5.24 Å². The molecule has 1 aliphatic heterocycles. The normalized spacial score (nSPS) is 20.8. The predicted molar refractivity (Wildman–Crippen MR) is 54.1 cm³/mol. The molecule has 13 heavy (non-hydrogen) atoms. The molecule has 0 aromatic rings. The van der Waals surface area contributed by atoms with Gasteiger partial charge < -0.3 is 4.90 Å². The standard InChI is InChI=1S/C9H17NO2S/c1-2-13(12)9(11)10-7-5-3-4-6-8-10/h2-8H2,1H3/t13-/m0/s1. The van der Waals surface area contributed by atoms with Crippen molar-refractivity contribution in [3.05, 3.63) is 0 Å². The Morgan fingerprint density at radius 3 is 2.23 bits per heavy atom. The zero-order valence-electron chi connectivity index (χ0n) is 8.12. The summed E-state index contributed by atoms with van der Waals surface area (Å²) in [6.45, 7) is 3.38. The van der Waals surface area contributed by atoms with E-state index < -0.39 is 10.8 Å². The minimum atomic E-state index is -1.29. The summed E-state index contributed by atoms with van der Waals surface area (Å²) in [4.78, 5) is 13.3. The third-order valence-electron chi connectivity index (χ3n) is 2.32. The molecule has 1 aliphatic rings. The minimum absolute atomic E-state index is 0.163. The summed E-state index contributed by atoms with van der Waals surface area (Å²) in [5.41, 5.74) is 0. The minimum Gasteiger partial charge on any atom is -0.332 e. The van der Waals surface area contributed by atoms with Gasteiger partial charge in [-0.15, -0.1) is 0 Å². The Hall–Kier alpha value is -0.380. The molecular weight excluding hydrogens is 186 g/mol. The number of hydrogen-bond donors (Lipinski definition) is 0. The Balaban J connectivity index is 2.48. The van der Waals surface area contributed by atoms with Crippen molar-refractivity contribution in [1.82, 2.24) is 4.90 Å². The maximum absolute atomic E-state index is 11.5. The fourth-order valence-corrected chi connectivity index (χ4v) is 2.24. The zero-order valence-corrected chi connectivity index (χ0v) is 8.94. The molecule has 1 amide bonds. The smallest absolute Gasteiger partial charge is 0.311 e. The summed E-state index contributed by atoms with van der Waals surface area (Å²) in [6.07, 6.45) is 4.52. The van der Waals surface area contributed by atoms with Crippen molar-refractivity contribution in [3.8, 4) is 0 Å². The Kier molecular flexibility index (Phi) is 4.42. The molecule has 1 heterocycles. The van der Waals surface area contributed by atoms with Gasteiger partial charge in [0.25, 0.3) is 0 Å². The third kappa shape index (κ3) is 3.10. The topological polar surface area (TPSA) is 37.4 Å². The van der Waals surface area contributed by atoms with Crippen LogP contribution in [0.5, 0.6) is 0 Å². The molecule has 0 radical (unpaired) electrons. The van der Waals surface area contributed by atoms with Crippen molar-refractivity contribution in [1.29, 1.82) is 0 Å². The van der Waals surface area contributed by atoms with E-state index in [4.69, 9.17) is 0 Å². The van der Waals surface area contributed by atoms with Gasteiger partial charge in [0.1, 0.15) is 10.8 Å². The highest BCUT2D eigenvalue weighted by atomic mass is 32.2. The largest absolute Gasteiger partial charge is 0.332 e. The predicted octanol–water partition coefficient (Wildman–Crippen LogP) is 1.75. The quantitative estimate of drug-likeness (QED) is 0.651. The van der Waals surface area contributed by atoms with Crippen LogP contribution in [0.2, 0.25) is 0 Å². The summed E-state index contributed by atoms with van der Waals surface area (Å²) in [5.74, 6) is 0.440. The summed E-state index contributed by atoms with van der Waals surface area (Å²) in [5, 5.41) is -0.163. The lowest BCUT2D eigenvalue weighted by atomic mass is 10.2. The van der Waals surface area contributed by atoms with E-state index in [9.17, 15) is 9.00 Å². The van der Waals surface area contributed by atoms with E-state index in [0.29, 0.717) is 5.75 Å². The van der Waals surface area contributed by atoms with Gasteiger partial charge in [0.05, 0.1) is 0 Å². The van der Waals surface area contributed by atoms with E-state index in [1.165, 1.54) is 12.8 Å². The number of amides is 1. The molecule has 0 spiro atoms. The van der Waals surface area contributed by atoms with Crippen LogP contribution in [0.3, 0.4) is 0 Å². The van der Waals surface area contributed by atoms with Crippen LogP contribution in [-0.4, -0.2) is 33.2 Å². The zero-order chi connectivity index (χ0) is 9.68. The number of carbonyl (C=O) groups is 1. The molecule has 3 nitrogen and oxygen atoms in total. The first kappa shape index (κ1) is 10.7. The first-order valence-corrected chi connectivity index (χ1v) is 6.25. The van der Waals surface area contributed by atoms with Gasteiger partial charge in [0.2, 0.25) is 0 Å². The Morgan fingerprint density at radius 1 is 1.23 bits per heavy atom. The SMILES string of the molecule is CC[S@](=O)C(=O)N1CCCCCC1. The highest BCUT2D eigenvalue weighted by Gasteiger charge is 2.19. The molecule has 0 aromatic heterocycles. The van der Waals surface area contributed by atoms with E-state index in [2.05, 4.69) is 0 Å². The summed E-state index contributed by atoms with van der Waals surface area (Å²) in [7, 11) is -1.29. The van der Waals surface area contributed by atoms with Crippen LogP contribution in [0.1, 0.15) is 32.6 Å². The van der Waals surface area contributed by atoms with Crippen molar-refractivity contribution >= 4 is 16.0 Å². The molecule has 0 saturated carbocycles. The lowest BCUT2D eigenvalue weighted by molar-refractivity contribution is 0.224. The number of nitrogens with zero attached hydrogens (tertiary/aromatic N) is 1. The van der Waals surface area contributed by atoms with Crippen molar-refractivity contribution < 1.29 is 9.00 Å². The molecule has 0 aromatic carbocycles. The van der Waals surface area contributed by atoms with Gasteiger partial charge in [-0.1, -0.05) is 19.8 Å². The van der Waals surface area contributed by atoms with Crippen molar-refractivity contribution in [2.24, 2.45) is 0 Å². The van der Waals surface area contributed by atoms with E-state index in [1.54, 1.807) is 11.8 Å². The lowest BCUT2D eigenvalue weighted by Gasteiger charge is -2.18. The van der Waals surface area contributed by atoms with Crippen LogP contribution in [0.15, 0.2) is 0 Å². The summed E-state index contributed by atoms with van der Waals surface area (Å²) < 4.78 is 11.2. The van der Waals surface area contributed by atoms with Crippen molar-refractivity contribution in [2.45, 2.75) is 32.6 Å². The van der Waals surface area contributed by atoms with Gasteiger partial charge in [-0.25, -0.2) is 4.21 Å². The Labute approximate surface area is 81.9 Å². The van der Waals surface area contributed by atoms with E-state index >= 15 is 0 Å². The summed E-state index contributed by atoms with van der Waals surface area (Å²) >= 11 is 0. The van der Waals surface area contributed by atoms with E-state index in [0.717, 1.165) is 25.9 Å². The highest BCUT2D eigenvalue weighted by molar-refractivity contribution is 8.00. The van der Waals surface area contributed by atoms with E-state index in [1.807, 2.05) is 0 Å². The average Bonchev–Trinajstić information content (AvgIpc) is 2.43. The number of likely N-dealkylation sites (tertiary alicyclic amines) is 1. The number of hydrogen-bond acceptors (Lipinski definition) is 2. The van der Waals surface area contributed by atoms with Gasteiger partial charge in [0, 0.05) is 18.8 Å². The van der Waals surface area contributed by atoms with Gasteiger partial charge in [-0.05, 0) is 12.8 Å². The molecule has 1 rings (SSSR count). The second kappa shape index (κ2) is 5.37. The summed E-state index contributed by atoms with van der Waals surface area (Å²) in [6, 6.07) is 0. The van der Waals surface area contributed by atoms with E-state index in [-0.39, 0.29) is 5.24 Å². The molecule has 4 heteroatoms. The van der Waals surface area contributed by atoms with Gasteiger partial charge in [-0.2, -0.15) is 0 Å². The van der Waals surface area contributed by atoms with Crippen LogP contribution in [0.4, 0.5) is 4.79 Å². The Bertz CT molecular complexity index is 198. The highest BCUT2D eigenvalue weighted by Crippen LogP contribution is 2.11. The monoisotopic (exact) mass is 203 g/mol. The average molecular weight is 203 g/mol. The second-order valence-electron chi connectivity index (χ2n) is 3.30.